The smallest absolute Gasteiger partial charge is 0.315 e. The molecule has 2 aromatic carbocycles. The van der Waals surface area contributed by atoms with Gasteiger partial charge in [0.05, 0.1) is 0 Å². The number of likely N-dealkylation sites (tertiary alicyclic amines) is 1. The molecule has 5 heteroatoms. The van der Waals surface area contributed by atoms with Crippen LogP contribution in [-0.4, -0.2) is 23.4 Å². The Balaban J connectivity index is 1.48. The monoisotopic (exact) mass is 351 g/mol. The van der Waals surface area contributed by atoms with Gasteiger partial charge in [0.2, 0.25) is 5.91 Å². The van der Waals surface area contributed by atoms with E-state index in [2.05, 4.69) is 10.6 Å². The van der Waals surface area contributed by atoms with Crippen molar-refractivity contribution in [3.8, 4) is 0 Å². The second kappa shape index (κ2) is 8.52. The minimum absolute atomic E-state index is 0.187. The zero-order chi connectivity index (χ0) is 18.4. The van der Waals surface area contributed by atoms with Crippen molar-refractivity contribution < 1.29 is 9.59 Å². The summed E-state index contributed by atoms with van der Waals surface area (Å²) in [4.78, 5) is 25.7. The van der Waals surface area contributed by atoms with Gasteiger partial charge < -0.3 is 15.5 Å². The third-order valence-corrected chi connectivity index (χ3v) is 4.69. The van der Waals surface area contributed by atoms with Crippen molar-refractivity contribution in [2.75, 3.05) is 6.54 Å². The molecule has 1 aliphatic rings. The summed E-state index contributed by atoms with van der Waals surface area (Å²) in [5.74, 6) is 0.226. The molecule has 0 saturated carbocycles. The Bertz CT molecular complexity index is 788. The molecular weight excluding hydrogens is 326 g/mol. The molecule has 0 unspecified atom stereocenters. The van der Waals surface area contributed by atoms with Crippen molar-refractivity contribution in [1.29, 1.82) is 0 Å². The molecule has 0 radical (unpaired) electrons. The SMILES string of the molecule is Cc1ccccc1CNC(=O)NCc1cccc(CN2CCCC2=O)c1. The Kier molecular flexibility index (Phi) is 5.89. The quantitative estimate of drug-likeness (QED) is 0.840. The van der Waals surface area contributed by atoms with Gasteiger partial charge in [0.15, 0.2) is 0 Å². The van der Waals surface area contributed by atoms with E-state index in [1.54, 1.807) is 0 Å². The average molecular weight is 351 g/mol. The van der Waals surface area contributed by atoms with Crippen LogP contribution in [0.5, 0.6) is 0 Å². The maximum absolute atomic E-state index is 12.0. The van der Waals surface area contributed by atoms with Crippen LogP contribution in [0.3, 0.4) is 0 Å². The normalized spacial score (nSPS) is 13.7. The summed E-state index contributed by atoms with van der Waals surface area (Å²) in [7, 11) is 0. The summed E-state index contributed by atoms with van der Waals surface area (Å²) in [5, 5.41) is 5.77. The molecule has 0 spiro atoms. The molecule has 1 fully saturated rings. The van der Waals surface area contributed by atoms with E-state index >= 15 is 0 Å². The fourth-order valence-electron chi connectivity index (χ4n) is 3.16. The summed E-state index contributed by atoms with van der Waals surface area (Å²) in [6.45, 7) is 4.48. The van der Waals surface area contributed by atoms with Gasteiger partial charge in [0.25, 0.3) is 0 Å². The van der Waals surface area contributed by atoms with Crippen LogP contribution in [-0.2, 0) is 24.4 Å². The maximum atomic E-state index is 12.0. The lowest BCUT2D eigenvalue weighted by Crippen LogP contribution is -2.34. The third kappa shape index (κ3) is 4.85. The van der Waals surface area contributed by atoms with Gasteiger partial charge in [-0.3, -0.25) is 4.79 Å². The van der Waals surface area contributed by atoms with Gasteiger partial charge in [-0.15, -0.1) is 0 Å². The number of amides is 3. The maximum Gasteiger partial charge on any atom is 0.315 e. The minimum atomic E-state index is -0.187. The zero-order valence-corrected chi connectivity index (χ0v) is 15.1. The largest absolute Gasteiger partial charge is 0.338 e. The fourth-order valence-corrected chi connectivity index (χ4v) is 3.16. The zero-order valence-electron chi connectivity index (χ0n) is 15.1. The number of nitrogens with one attached hydrogen (secondary N) is 2. The lowest BCUT2D eigenvalue weighted by atomic mass is 10.1. The summed E-state index contributed by atoms with van der Waals surface area (Å²) in [5.41, 5.74) is 4.40. The van der Waals surface area contributed by atoms with Crippen LogP contribution in [0.4, 0.5) is 4.79 Å². The number of hydrogen-bond donors (Lipinski definition) is 2. The highest BCUT2D eigenvalue weighted by Crippen LogP contribution is 2.15. The summed E-state index contributed by atoms with van der Waals surface area (Å²) >= 11 is 0. The highest BCUT2D eigenvalue weighted by atomic mass is 16.2. The van der Waals surface area contributed by atoms with Crippen LogP contribution in [0, 0.1) is 6.92 Å². The minimum Gasteiger partial charge on any atom is -0.338 e. The predicted octanol–water partition coefficient (Wildman–Crippen LogP) is 3.12. The first kappa shape index (κ1) is 18.0. The Morgan fingerprint density at radius 2 is 1.81 bits per heavy atom. The van der Waals surface area contributed by atoms with Crippen molar-refractivity contribution in [2.45, 2.75) is 39.4 Å². The van der Waals surface area contributed by atoms with E-state index in [1.807, 2.05) is 60.4 Å². The second-order valence-corrected chi connectivity index (χ2v) is 6.70. The summed E-state index contributed by atoms with van der Waals surface area (Å²) in [6.07, 6.45) is 1.60. The van der Waals surface area contributed by atoms with Gasteiger partial charge >= 0.3 is 6.03 Å². The first-order chi connectivity index (χ1) is 12.6. The third-order valence-electron chi connectivity index (χ3n) is 4.69. The number of carbonyl (C=O) groups excluding carboxylic acids is 2. The highest BCUT2D eigenvalue weighted by Gasteiger charge is 2.19. The first-order valence-electron chi connectivity index (χ1n) is 9.03. The van der Waals surface area contributed by atoms with Gasteiger partial charge in [-0.05, 0) is 35.6 Å². The van der Waals surface area contributed by atoms with Crippen LogP contribution in [0.1, 0.15) is 35.1 Å². The van der Waals surface area contributed by atoms with Gasteiger partial charge in [0.1, 0.15) is 0 Å². The van der Waals surface area contributed by atoms with E-state index in [9.17, 15) is 9.59 Å². The van der Waals surface area contributed by atoms with Crippen molar-refractivity contribution in [2.24, 2.45) is 0 Å². The summed E-state index contributed by atoms with van der Waals surface area (Å²) in [6, 6.07) is 15.8. The second-order valence-electron chi connectivity index (χ2n) is 6.70. The Labute approximate surface area is 154 Å². The Morgan fingerprint density at radius 3 is 2.58 bits per heavy atom. The van der Waals surface area contributed by atoms with Crippen LogP contribution >= 0.6 is 0 Å². The van der Waals surface area contributed by atoms with Crippen molar-refractivity contribution in [3.05, 3.63) is 70.8 Å². The molecule has 5 nitrogen and oxygen atoms in total. The van der Waals surface area contributed by atoms with E-state index in [1.165, 1.54) is 0 Å². The van der Waals surface area contributed by atoms with Crippen LogP contribution in [0.25, 0.3) is 0 Å². The molecule has 0 aliphatic carbocycles. The van der Waals surface area contributed by atoms with Crippen molar-refractivity contribution in [3.63, 3.8) is 0 Å². The van der Waals surface area contributed by atoms with Gasteiger partial charge in [0, 0.05) is 32.6 Å². The van der Waals surface area contributed by atoms with Crippen molar-refractivity contribution in [1.82, 2.24) is 15.5 Å². The number of benzene rings is 2. The molecule has 2 N–H and O–H groups in total. The first-order valence-corrected chi connectivity index (χ1v) is 9.03. The summed E-state index contributed by atoms with van der Waals surface area (Å²) < 4.78 is 0. The molecule has 1 heterocycles. The molecule has 3 amide bonds. The number of rotatable bonds is 6. The van der Waals surface area contributed by atoms with Crippen LogP contribution in [0.2, 0.25) is 0 Å². The Morgan fingerprint density at radius 1 is 1.04 bits per heavy atom. The molecule has 3 rings (SSSR count). The van der Waals surface area contributed by atoms with Crippen molar-refractivity contribution >= 4 is 11.9 Å². The topological polar surface area (TPSA) is 61.4 Å². The number of hydrogen-bond acceptors (Lipinski definition) is 2. The standard InChI is InChI=1S/C21H25N3O2/c1-16-6-2-3-9-19(16)14-23-21(26)22-13-17-7-4-8-18(12-17)15-24-11-5-10-20(24)25/h2-4,6-9,12H,5,10-11,13-15H2,1H3,(H2,22,23,26). The molecule has 0 aromatic heterocycles. The number of aryl methyl sites for hydroxylation is 1. The molecule has 26 heavy (non-hydrogen) atoms. The van der Waals surface area contributed by atoms with E-state index in [0.717, 1.165) is 35.2 Å². The van der Waals surface area contributed by atoms with E-state index < -0.39 is 0 Å². The Hall–Kier alpha value is -2.82. The van der Waals surface area contributed by atoms with Gasteiger partial charge in [-0.25, -0.2) is 4.79 Å². The van der Waals surface area contributed by atoms with E-state index in [-0.39, 0.29) is 11.9 Å². The molecule has 1 saturated heterocycles. The van der Waals surface area contributed by atoms with Gasteiger partial charge in [-0.2, -0.15) is 0 Å². The number of carbonyl (C=O) groups is 2. The molecule has 0 bridgehead atoms. The number of urea groups is 1. The van der Waals surface area contributed by atoms with E-state index in [4.69, 9.17) is 0 Å². The predicted molar refractivity (Wildman–Crippen MR) is 101 cm³/mol. The lowest BCUT2D eigenvalue weighted by molar-refractivity contribution is -0.128. The number of nitrogens with zero attached hydrogens (tertiary/aromatic N) is 1. The molecule has 0 atom stereocenters. The molecule has 136 valence electrons. The average Bonchev–Trinajstić information content (AvgIpc) is 3.04. The molecule has 1 aliphatic heterocycles. The molecule has 2 aromatic rings. The van der Waals surface area contributed by atoms with Crippen LogP contribution < -0.4 is 10.6 Å². The van der Waals surface area contributed by atoms with Crippen LogP contribution in [0.15, 0.2) is 48.5 Å². The van der Waals surface area contributed by atoms with Gasteiger partial charge in [-0.1, -0.05) is 48.5 Å². The molecular formula is C21H25N3O2. The lowest BCUT2D eigenvalue weighted by Gasteiger charge is -2.16. The fraction of sp³-hybridized carbons (Fsp3) is 0.333. The van der Waals surface area contributed by atoms with E-state index in [0.29, 0.717) is 26.1 Å². The highest BCUT2D eigenvalue weighted by molar-refractivity contribution is 5.78.